The molecule has 0 unspecified atom stereocenters. The van der Waals surface area contributed by atoms with E-state index in [2.05, 4.69) is 4.72 Å². The van der Waals surface area contributed by atoms with Gasteiger partial charge in [-0.05, 0) is 35.9 Å². The molecule has 166 valence electrons. The van der Waals surface area contributed by atoms with Crippen molar-refractivity contribution in [3.05, 3.63) is 53.8 Å². The molecule has 2 aliphatic rings. The highest BCUT2D eigenvalue weighted by Crippen LogP contribution is 2.35. The summed E-state index contributed by atoms with van der Waals surface area (Å²) in [6.07, 6.45) is 0.143. The van der Waals surface area contributed by atoms with E-state index in [0.29, 0.717) is 48.5 Å². The number of anilines is 2. The lowest BCUT2D eigenvalue weighted by molar-refractivity contribution is -0.117. The van der Waals surface area contributed by atoms with E-state index in [1.165, 1.54) is 17.0 Å². The molecule has 3 aromatic rings. The number of sulfonamides is 1. The summed E-state index contributed by atoms with van der Waals surface area (Å²) in [5.74, 6) is -0.558. The molecular formula is C22H21N3O6S. The molecule has 1 N–H and O–H groups in total. The normalized spacial score (nSPS) is 16.5. The molecule has 2 aliphatic heterocycles. The summed E-state index contributed by atoms with van der Waals surface area (Å²) in [5, 5.41) is 0.490. The van der Waals surface area contributed by atoms with Crippen molar-refractivity contribution >= 4 is 44.2 Å². The van der Waals surface area contributed by atoms with Crippen LogP contribution in [0.2, 0.25) is 0 Å². The number of nitrogens with one attached hydrogen (secondary N) is 1. The van der Waals surface area contributed by atoms with Crippen LogP contribution in [0.4, 0.5) is 11.4 Å². The number of furan rings is 1. The van der Waals surface area contributed by atoms with E-state index in [-0.39, 0.29) is 28.7 Å². The molecule has 0 aliphatic carbocycles. The summed E-state index contributed by atoms with van der Waals surface area (Å²) in [7, 11) is -2.40. The fraction of sp³-hybridized carbons (Fsp3) is 0.273. The second-order valence-electron chi connectivity index (χ2n) is 7.73. The predicted molar refractivity (Wildman–Crippen MR) is 117 cm³/mol. The molecule has 9 nitrogen and oxygen atoms in total. The number of rotatable bonds is 4. The fourth-order valence-corrected chi connectivity index (χ4v) is 5.15. The number of fused-ring (bicyclic) bond motifs is 2. The highest BCUT2D eigenvalue weighted by Gasteiger charge is 2.31. The average molecular weight is 455 g/mol. The van der Waals surface area contributed by atoms with Gasteiger partial charge in [0.2, 0.25) is 11.7 Å². The van der Waals surface area contributed by atoms with Crippen molar-refractivity contribution in [2.45, 2.75) is 11.3 Å². The lowest BCUT2D eigenvalue weighted by atomic mass is 10.2. The van der Waals surface area contributed by atoms with Crippen LogP contribution in [0.1, 0.15) is 16.1 Å². The second-order valence-corrected chi connectivity index (χ2v) is 9.41. The minimum Gasteiger partial charge on any atom is -0.449 e. The number of para-hydroxylation sites is 1. The Labute approximate surface area is 184 Å². The maximum absolute atomic E-state index is 13.3. The molecule has 1 aromatic heterocycles. The number of likely N-dealkylation sites (N-methyl/N-ethyl adjacent to an activating group) is 1. The number of hydrogen-bond donors (Lipinski definition) is 1. The fourth-order valence-electron chi connectivity index (χ4n) is 4.01. The van der Waals surface area contributed by atoms with E-state index in [9.17, 15) is 18.0 Å². The minimum atomic E-state index is -4.05. The maximum atomic E-state index is 13.3. The smallest absolute Gasteiger partial charge is 0.291 e. The van der Waals surface area contributed by atoms with Crippen LogP contribution in [-0.4, -0.2) is 58.5 Å². The van der Waals surface area contributed by atoms with E-state index >= 15 is 0 Å². The number of nitrogens with zero attached hydrogens (tertiary/aromatic N) is 2. The Hall–Kier alpha value is -3.37. The Bertz CT molecular complexity index is 1340. The van der Waals surface area contributed by atoms with Crippen LogP contribution in [-0.2, 0) is 26.0 Å². The molecular weight excluding hydrogens is 434 g/mol. The van der Waals surface area contributed by atoms with E-state index in [1.807, 2.05) is 0 Å². The number of carbonyl (C=O) groups excluding carboxylic acids is 2. The molecule has 5 rings (SSSR count). The topological polar surface area (TPSA) is 109 Å². The van der Waals surface area contributed by atoms with Gasteiger partial charge in [0, 0.05) is 31.2 Å². The molecule has 10 heteroatoms. The quantitative estimate of drug-likeness (QED) is 0.646. The van der Waals surface area contributed by atoms with Gasteiger partial charge in [-0.25, -0.2) is 8.42 Å². The van der Waals surface area contributed by atoms with Crippen LogP contribution in [0.3, 0.4) is 0 Å². The SMILES string of the molecule is CN1C(=O)Cc2cc(S(=O)(=O)Nc3c(C(=O)N4CCOCC4)oc4ccccc34)ccc21. The molecule has 0 spiro atoms. The van der Waals surface area contributed by atoms with Gasteiger partial charge in [-0.15, -0.1) is 0 Å². The molecule has 0 atom stereocenters. The first-order chi connectivity index (χ1) is 15.3. The van der Waals surface area contributed by atoms with Crippen LogP contribution in [0.5, 0.6) is 0 Å². The van der Waals surface area contributed by atoms with E-state index in [0.717, 1.165) is 0 Å². The van der Waals surface area contributed by atoms with Gasteiger partial charge in [0.1, 0.15) is 11.3 Å². The van der Waals surface area contributed by atoms with Gasteiger partial charge < -0.3 is 19.0 Å². The van der Waals surface area contributed by atoms with E-state index < -0.39 is 15.9 Å². The number of hydrogen-bond acceptors (Lipinski definition) is 6. The summed E-state index contributed by atoms with van der Waals surface area (Å²) in [6.45, 7) is 1.62. The monoisotopic (exact) mass is 455 g/mol. The first-order valence-electron chi connectivity index (χ1n) is 10.2. The molecule has 0 bridgehead atoms. The third-order valence-electron chi connectivity index (χ3n) is 5.76. The number of amides is 2. The Morgan fingerprint density at radius 3 is 2.62 bits per heavy atom. The van der Waals surface area contributed by atoms with Crippen molar-refractivity contribution in [1.29, 1.82) is 0 Å². The first-order valence-corrected chi connectivity index (χ1v) is 11.6. The van der Waals surface area contributed by atoms with Crippen LogP contribution in [0.25, 0.3) is 11.0 Å². The van der Waals surface area contributed by atoms with Crippen molar-refractivity contribution in [3.63, 3.8) is 0 Å². The lowest BCUT2D eigenvalue weighted by Gasteiger charge is -2.26. The maximum Gasteiger partial charge on any atom is 0.291 e. The Morgan fingerprint density at radius 1 is 1.09 bits per heavy atom. The number of benzene rings is 2. The van der Waals surface area contributed by atoms with Crippen molar-refractivity contribution in [2.24, 2.45) is 0 Å². The average Bonchev–Trinajstić information content (AvgIpc) is 3.30. The van der Waals surface area contributed by atoms with Gasteiger partial charge >= 0.3 is 0 Å². The second kappa shape index (κ2) is 7.64. The van der Waals surface area contributed by atoms with Gasteiger partial charge in [-0.2, -0.15) is 0 Å². The van der Waals surface area contributed by atoms with Gasteiger partial charge in [0.15, 0.2) is 0 Å². The minimum absolute atomic E-state index is 0.00871. The number of carbonyl (C=O) groups is 2. The Morgan fingerprint density at radius 2 is 1.84 bits per heavy atom. The summed E-state index contributed by atoms with van der Waals surface area (Å²) >= 11 is 0. The molecule has 0 saturated carbocycles. The Balaban J connectivity index is 1.54. The molecule has 2 amide bonds. The summed E-state index contributed by atoms with van der Waals surface area (Å²) < 4.78 is 40.2. The lowest BCUT2D eigenvalue weighted by Crippen LogP contribution is -2.40. The zero-order valence-corrected chi connectivity index (χ0v) is 18.1. The van der Waals surface area contributed by atoms with E-state index in [4.69, 9.17) is 9.15 Å². The number of ether oxygens (including phenoxy) is 1. The zero-order valence-electron chi connectivity index (χ0n) is 17.3. The summed E-state index contributed by atoms with van der Waals surface area (Å²) in [6, 6.07) is 11.4. The van der Waals surface area contributed by atoms with Crippen LogP contribution in [0, 0.1) is 0 Å². The largest absolute Gasteiger partial charge is 0.449 e. The van der Waals surface area contributed by atoms with Gasteiger partial charge in [-0.3, -0.25) is 14.3 Å². The standard InChI is InChI=1S/C22H21N3O6S/c1-24-17-7-6-15(12-14(17)13-19(24)26)32(28,29)23-20-16-4-2-3-5-18(16)31-21(20)22(27)25-8-10-30-11-9-25/h2-7,12,23H,8-11,13H2,1H3. The predicted octanol–water partition coefficient (Wildman–Crippen LogP) is 2.22. The third-order valence-corrected chi connectivity index (χ3v) is 7.11. The highest BCUT2D eigenvalue weighted by atomic mass is 32.2. The van der Waals surface area contributed by atoms with Crippen molar-refractivity contribution in [2.75, 3.05) is 43.0 Å². The molecule has 1 fully saturated rings. The van der Waals surface area contributed by atoms with Crippen LogP contribution in [0.15, 0.2) is 51.8 Å². The first kappa shape index (κ1) is 20.5. The van der Waals surface area contributed by atoms with Crippen molar-refractivity contribution < 1.29 is 27.2 Å². The van der Waals surface area contributed by atoms with Crippen LogP contribution < -0.4 is 9.62 Å². The van der Waals surface area contributed by atoms with Gasteiger partial charge in [-0.1, -0.05) is 12.1 Å². The van der Waals surface area contributed by atoms with E-state index in [1.54, 1.807) is 42.3 Å². The third kappa shape index (κ3) is 3.41. The molecule has 1 saturated heterocycles. The summed E-state index contributed by atoms with van der Waals surface area (Å²) in [5.41, 5.74) is 1.83. The molecule has 0 radical (unpaired) electrons. The van der Waals surface area contributed by atoms with Gasteiger partial charge in [0.25, 0.3) is 15.9 Å². The Kier molecular flexibility index (Phi) is 4.90. The molecule has 32 heavy (non-hydrogen) atoms. The summed E-state index contributed by atoms with van der Waals surface area (Å²) in [4.78, 5) is 28.2. The number of morpholine rings is 1. The molecule has 3 heterocycles. The van der Waals surface area contributed by atoms with Crippen molar-refractivity contribution in [3.8, 4) is 0 Å². The van der Waals surface area contributed by atoms with Crippen molar-refractivity contribution in [1.82, 2.24) is 4.90 Å². The highest BCUT2D eigenvalue weighted by molar-refractivity contribution is 7.92. The molecule has 2 aromatic carbocycles. The van der Waals surface area contributed by atoms with Crippen LogP contribution >= 0.6 is 0 Å². The zero-order chi connectivity index (χ0) is 22.5. The van der Waals surface area contributed by atoms with Gasteiger partial charge in [0.05, 0.1) is 24.5 Å².